The molecule has 0 spiro atoms. The Hall–Kier alpha value is -1.12. The lowest BCUT2D eigenvalue weighted by Gasteiger charge is -2.56. The van der Waals surface area contributed by atoms with Gasteiger partial charge >= 0.3 is 0 Å². The highest BCUT2D eigenvalue weighted by Gasteiger charge is 2.51. The van der Waals surface area contributed by atoms with Crippen LogP contribution in [0.25, 0.3) is 0 Å². The Labute approximate surface area is 118 Å². The van der Waals surface area contributed by atoms with E-state index >= 15 is 0 Å². The van der Waals surface area contributed by atoms with Crippen molar-refractivity contribution in [3.63, 3.8) is 0 Å². The highest BCUT2D eigenvalue weighted by atomic mass is 19.2. The third-order valence-corrected chi connectivity index (χ3v) is 5.55. The van der Waals surface area contributed by atoms with Gasteiger partial charge in [0.15, 0.2) is 11.6 Å². The van der Waals surface area contributed by atoms with Crippen LogP contribution in [0.2, 0.25) is 0 Å². The van der Waals surface area contributed by atoms with E-state index in [9.17, 15) is 8.78 Å². The topological polar surface area (TPSA) is 9.23 Å². The average Bonchev–Trinajstić information content (AvgIpc) is 2.39. The van der Waals surface area contributed by atoms with E-state index < -0.39 is 11.6 Å². The molecule has 4 saturated carbocycles. The van der Waals surface area contributed by atoms with Gasteiger partial charge in [0.1, 0.15) is 0 Å². The lowest BCUT2D eigenvalue weighted by molar-refractivity contribution is -0.0750. The zero-order valence-corrected chi connectivity index (χ0v) is 11.5. The van der Waals surface area contributed by atoms with Gasteiger partial charge in [-0.15, -0.1) is 0 Å². The van der Waals surface area contributed by atoms with E-state index in [-0.39, 0.29) is 11.2 Å². The summed E-state index contributed by atoms with van der Waals surface area (Å²) in [7, 11) is 0. The summed E-state index contributed by atoms with van der Waals surface area (Å²) >= 11 is 0. The first-order valence-electron chi connectivity index (χ1n) is 7.62. The summed E-state index contributed by atoms with van der Waals surface area (Å²) in [6, 6.07) is 5.07. The van der Waals surface area contributed by atoms with Gasteiger partial charge in [0.25, 0.3) is 0 Å². The van der Waals surface area contributed by atoms with Crippen LogP contribution in [0.5, 0.6) is 5.75 Å². The number of benzene rings is 1. The Morgan fingerprint density at radius 2 is 1.70 bits per heavy atom. The first-order valence-corrected chi connectivity index (χ1v) is 7.62. The van der Waals surface area contributed by atoms with Crippen molar-refractivity contribution < 1.29 is 13.5 Å². The molecule has 1 radical (unpaired) electrons. The molecule has 1 nitrogen and oxygen atoms in total. The summed E-state index contributed by atoms with van der Waals surface area (Å²) in [5.74, 6) is 0.712. The smallest absolute Gasteiger partial charge is 0.201 e. The number of hydrogen-bond acceptors (Lipinski definition) is 1. The normalized spacial score (nSPS) is 38.2. The molecule has 0 heterocycles. The monoisotopic (exact) mass is 277 g/mol. The molecule has 0 atom stereocenters. The zero-order valence-electron chi connectivity index (χ0n) is 11.5. The summed E-state index contributed by atoms with van der Waals surface area (Å²) in [6.07, 6.45) is 7.76. The molecular weight excluding hydrogens is 258 g/mol. The van der Waals surface area contributed by atoms with Crippen LogP contribution in [0.15, 0.2) is 12.1 Å². The van der Waals surface area contributed by atoms with Gasteiger partial charge in [-0.2, -0.15) is 4.39 Å². The van der Waals surface area contributed by atoms with Crippen LogP contribution in [0.4, 0.5) is 8.78 Å². The van der Waals surface area contributed by atoms with Crippen LogP contribution in [0.3, 0.4) is 0 Å². The largest absolute Gasteiger partial charge is 0.490 e. The van der Waals surface area contributed by atoms with Crippen LogP contribution in [0, 0.1) is 40.9 Å². The van der Waals surface area contributed by atoms with Gasteiger partial charge < -0.3 is 4.74 Å². The second-order valence-electron chi connectivity index (χ2n) is 7.18. The Bertz CT molecular complexity index is 490. The number of ether oxygens (including phenoxy) is 1. The standard InChI is InChI=1S/C17H19F2O/c18-14-2-1-3-15(16(14)19)20-10-17-7-11-4-12(8-17)6-13(5-11)9-17/h1,3,11-13H,4-10H2. The highest BCUT2D eigenvalue weighted by Crippen LogP contribution is 2.60. The molecule has 0 unspecified atom stereocenters. The van der Waals surface area contributed by atoms with Gasteiger partial charge in [-0.25, -0.2) is 4.39 Å². The van der Waals surface area contributed by atoms with Gasteiger partial charge in [-0.05, 0) is 68.4 Å². The molecule has 20 heavy (non-hydrogen) atoms. The van der Waals surface area contributed by atoms with E-state index in [1.165, 1.54) is 50.7 Å². The molecule has 3 heteroatoms. The van der Waals surface area contributed by atoms with E-state index in [4.69, 9.17) is 4.74 Å². The molecule has 4 aliphatic rings. The highest BCUT2D eigenvalue weighted by molar-refractivity contribution is 5.24. The molecule has 0 saturated heterocycles. The second-order valence-corrected chi connectivity index (χ2v) is 7.18. The minimum Gasteiger partial charge on any atom is -0.490 e. The summed E-state index contributed by atoms with van der Waals surface area (Å²) in [4.78, 5) is 0. The minimum absolute atomic E-state index is 0.0389. The van der Waals surface area contributed by atoms with Crippen molar-refractivity contribution in [3.05, 3.63) is 29.8 Å². The van der Waals surface area contributed by atoms with Gasteiger partial charge in [0, 0.05) is 11.5 Å². The Kier molecular flexibility index (Phi) is 2.80. The lowest BCUT2D eigenvalue weighted by atomic mass is 9.50. The van der Waals surface area contributed by atoms with Gasteiger partial charge in [0.05, 0.1) is 6.61 Å². The van der Waals surface area contributed by atoms with E-state index in [0.29, 0.717) is 6.61 Å². The first kappa shape index (κ1) is 12.6. The summed E-state index contributed by atoms with van der Waals surface area (Å²) in [5, 5.41) is 0. The quantitative estimate of drug-likeness (QED) is 0.797. The van der Waals surface area contributed by atoms with E-state index in [0.717, 1.165) is 17.8 Å². The van der Waals surface area contributed by atoms with Crippen molar-refractivity contribution in [2.75, 3.05) is 6.61 Å². The molecule has 4 aliphatic carbocycles. The fraction of sp³-hybridized carbons (Fsp3) is 0.647. The Balaban J connectivity index is 1.50. The number of hydrogen-bond donors (Lipinski definition) is 0. The first-order chi connectivity index (χ1) is 9.63. The molecule has 5 rings (SSSR count). The molecule has 4 bridgehead atoms. The van der Waals surface area contributed by atoms with Crippen LogP contribution in [-0.2, 0) is 0 Å². The van der Waals surface area contributed by atoms with Crippen molar-refractivity contribution in [2.24, 2.45) is 23.2 Å². The van der Waals surface area contributed by atoms with Crippen LogP contribution in [0.1, 0.15) is 38.5 Å². The third-order valence-electron chi connectivity index (χ3n) is 5.55. The average molecular weight is 277 g/mol. The third kappa shape index (κ3) is 2.02. The lowest BCUT2D eigenvalue weighted by Crippen LogP contribution is -2.48. The van der Waals surface area contributed by atoms with E-state index in [1.54, 1.807) is 0 Å². The van der Waals surface area contributed by atoms with Crippen molar-refractivity contribution in [1.29, 1.82) is 0 Å². The molecule has 0 aliphatic heterocycles. The van der Waals surface area contributed by atoms with Crippen LogP contribution < -0.4 is 4.74 Å². The summed E-state index contributed by atoms with van der Waals surface area (Å²) < 4.78 is 32.5. The molecule has 107 valence electrons. The predicted octanol–water partition coefficient (Wildman–Crippen LogP) is 4.36. The molecule has 0 N–H and O–H groups in total. The fourth-order valence-electron chi connectivity index (χ4n) is 5.24. The molecule has 1 aromatic rings. The van der Waals surface area contributed by atoms with Gasteiger partial charge in [-0.3, -0.25) is 0 Å². The maximum atomic E-state index is 13.6. The van der Waals surface area contributed by atoms with Crippen LogP contribution in [-0.4, -0.2) is 6.61 Å². The molecule has 0 amide bonds. The number of rotatable bonds is 3. The van der Waals surface area contributed by atoms with Crippen molar-refractivity contribution in [2.45, 2.75) is 38.5 Å². The van der Waals surface area contributed by atoms with Crippen LogP contribution >= 0.6 is 0 Å². The molecule has 0 aromatic heterocycles. The van der Waals surface area contributed by atoms with Crippen molar-refractivity contribution in [3.8, 4) is 5.75 Å². The Morgan fingerprint density at radius 1 is 1.10 bits per heavy atom. The van der Waals surface area contributed by atoms with Crippen molar-refractivity contribution >= 4 is 0 Å². The summed E-state index contributed by atoms with van der Waals surface area (Å²) in [5.41, 5.74) is 0.219. The minimum atomic E-state index is -0.951. The van der Waals surface area contributed by atoms with Crippen molar-refractivity contribution in [1.82, 2.24) is 0 Å². The molecule has 4 fully saturated rings. The predicted molar refractivity (Wildman–Crippen MR) is 71.3 cm³/mol. The summed E-state index contributed by atoms with van der Waals surface area (Å²) in [6.45, 7) is 0.539. The SMILES string of the molecule is Fc1[c]ccc(OCC23CC4CC(CC(C4)C2)C3)c1F. The Morgan fingerprint density at radius 3 is 2.30 bits per heavy atom. The molecule has 1 aromatic carbocycles. The zero-order chi connectivity index (χ0) is 13.7. The van der Waals surface area contributed by atoms with Gasteiger partial charge in [0.2, 0.25) is 5.82 Å². The van der Waals surface area contributed by atoms with E-state index in [2.05, 4.69) is 6.07 Å². The fourth-order valence-corrected chi connectivity index (χ4v) is 5.24. The second kappa shape index (κ2) is 4.44. The maximum Gasteiger partial charge on any atom is 0.201 e. The van der Waals surface area contributed by atoms with Gasteiger partial charge in [-0.1, -0.05) is 0 Å². The number of halogens is 2. The molecular formula is C17H19F2O. The maximum absolute atomic E-state index is 13.6. The van der Waals surface area contributed by atoms with E-state index in [1.807, 2.05) is 0 Å².